The van der Waals surface area contributed by atoms with Gasteiger partial charge in [-0.15, -0.1) is 0 Å². The zero-order valence-corrected chi connectivity index (χ0v) is 9.94. The molecule has 0 bridgehead atoms. The lowest BCUT2D eigenvalue weighted by Crippen LogP contribution is -2.31. The zero-order chi connectivity index (χ0) is 13.3. The molecular formula is C11H15F3N2O2. The SMILES string of the molecule is CC(O)c1noc(C2CCCCC2C(F)(F)F)n1. The molecule has 0 saturated heterocycles. The monoisotopic (exact) mass is 264 g/mol. The second kappa shape index (κ2) is 4.87. The third-order valence-electron chi connectivity index (χ3n) is 3.33. The standard InChI is InChI=1S/C11H15F3N2O2/c1-6(17)9-15-10(18-16-9)7-4-2-3-5-8(7)11(12,13)14/h6-8,17H,2-5H2,1H3. The summed E-state index contributed by atoms with van der Waals surface area (Å²) in [6.07, 6.45) is -3.39. The Labute approximate surface area is 102 Å². The highest BCUT2D eigenvalue weighted by atomic mass is 19.4. The smallest absolute Gasteiger partial charge is 0.385 e. The summed E-state index contributed by atoms with van der Waals surface area (Å²) >= 11 is 0. The first-order valence-corrected chi connectivity index (χ1v) is 5.98. The van der Waals surface area contributed by atoms with Crippen molar-refractivity contribution in [2.75, 3.05) is 0 Å². The van der Waals surface area contributed by atoms with Gasteiger partial charge in [0.1, 0.15) is 6.10 Å². The normalized spacial score (nSPS) is 27.2. The Bertz CT molecular complexity index is 403. The molecule has 1 saturated carbocycles. The number of aliphatic hydroxyl groups is 1. The Morgan fingerprint density at radius 2 is 2.00 bits per heavy atom. The Balaban J connectivity index is 2.22. The average Bonchev–Trinajstić information content (AvgIpc) is 2.77. The van der Waals surface area contributed by atoms with Crippen molar-refractivity contribution in [2.24, 2.45) is 5.92 Å². The summed E-state index contributed by atoms with van der Waals surface area (Å²) in [6, 6.07) is 0. The van der Waals surface area contributed by atoms with Crippen molar-refractivity contribution in [3.05, 3.63) is 11.7 Å². The van der Waals surface area contributed by atoms with Gasteiger partial charge in [0.2, 0.25) is 5.89 Å². The Hall–Kier alpha value is -1.11. The molecule has 1 heterocycles. The number of rotatable bonds is 2. The first kappa shape index (κ1) is 13.3. The van der Waals surface area contributed by atoms with E-state index in [1.807, 2.05) is 0 Å². The van der Waals surface area contributed by atoms with E-state index in [-0.39, 0.29) is 18.1 Å². The number of hydrogen-bond donors (Lipinski definition) is 1. The van der Waals surface area contributed by atoms with E-state index >= 15 is 0 Å². The molecular weight excluding hydrogens is 249 g/mol. The molecule has 0 amide bonds. The molecule has 2 rings (SSSR count). The van der Waals surface area contributed by atoms with Gasteiger partial charge in [-0.2, -0.15) is 18.2 Å². The van der Waals surface area contributed by atoms with Crippen LogP contribution in [0.25, 0.3) is 0 Å². The maximum Gasteiger partial charge on any atom is 0.392 e. The highest BCUT2D eigenvalue weighted by molar-refractivity contribution is 5.01. The molecule has 3 atom stereocenters. The lowest BCUT2D eigenvalue weighted by Gasteiger charge is -2.30. The van der Waals surface area contributed by atoms with Crippen LogP contribution >= 0.6 is 0 Å². The van der Waals surface area contributed by atoms with Crippen molar-refractivity contribution >= 4 is 0 Å². The highest BCUT2D eigenvalue weighted by Crippen LogP contribution is 2.45. The van der Waals surface area contributed by atoms with Crippen LogP contribution in [0.1, 0.15) is 56.3 Å². The van der Waals surface area contributed by atoms with E-state index in [1.54, 1.807) is 0 Å². The summed E-state index contributed by atoms with van der Waals surface area (Å²) in [6.45, 7) is 1.44. The van der Waals surface area contributed by atoms with Crippen LogP contribution in [0.2, 0.25) is 0 Å². The van der Waals surface area contributed by atoms with Crippen LogP contribution in [0.4, 0.5) is 13.2 Å². The van der Waals surface area contributed by atoms with E-state index in [1.165, 1.54) is 6.92 Å². The van der Waals surface area contributed by atoms with Gasteiger partial charge in [-0.3, -0.25) is 0 Å². The number of alkyl halides is 3. The van der Waals surface area contributed by atoms with Crippen LogP contribution in [0, 0.1) is 5.92 Å². The number of aliphatic hydroxyl groups excluding tert-OH is 1. The van der Waals surface area contributed by atoms with Crippen LogP contribution in [-0.2, 0) is 0 Å². The summed E-state index contributed by atoms with van der Waals surface area (Å²) in [4.78, 5) is 3.87. The molecule has 1 aliphatic rings. The van der Waals surface area contributed by atoms with Gasteiger partial charge in [0, 0.05) is 5.92 Å². The van der Waals surface area contributed by atoms with Gasteiger partial charge < -0.3 is 9.63 Å². The van der Waals surface area contributed by atoms with Gasteiger partial charge in [-0.05, 0) is 19.8 Å². The van der Waals surface area contributed by atoms with Gasteiger partial charge in [-0.1, -0.05) is 18.0 Å². The van der Waals surface area contributed by atoms with Crippen molar-refractivity contribution in [3.8, 4) is 0 Å². The average molecular weight is 264 g/mol. The van der Waals surface area contributed by atoms with Crippen molar-refractivity contribution < 1.29 is 22.8 Å². The van der Waals surface area contributed by atoms with E-state index in [0.29, 0.717) is 12.8 Å². The maximum atomic E-state index is 12.9. The molecule has 102 valence electrons. The van der Waals surface area contributed by atoms with E-state index < -0.39 is 24.1 Å². The van der Waals surface area contributed by atoms with Crippen LogP contribution in [0.15, 0.2) is 4.52 Å². The predicted molar refractivity (Wildman–Crippen MR) is 55.7 cm³/mol. The van der Waals surface area contributed by atoms with Gasteiger partial charge in [-0.25, -0.2) is 0 Å². The summed E-state index contributed by atoms with van der Waals surface area (Å²) in [5.41, 5.74) is 0. The fourth-order valence-electron chi connectivity index (χ4n) is 2.39. The molecule has 0 aliphatic heterocycles. The molecule has 1 aromatic heterocycles. The highest BCUT2D eigenvalue weighted by Gasteiger charge is 2.47. The van der Waals surface area contributed by atoms with Crippen LogP contribution < -0.4 is 0 Å². The van der Waals surface area contributed by atoms with Crippen LogP contribution in [-0.4, -0.2) is 21.4 Å². The van der Waals surface area contributed by atoms with Gasteiger partial charge in [0.05, 0.1) is 5.92 Å². The second-order valence-corrected chi connectivity index (χ2v) is 4.71. The largest absolute Gasteiger partial charge is 0.392 e. The van der Waals surface area contributed by atoms with E-state index in [2.05, 4.69) is 10.1 Å². The fraction of sp³-hybridized carbons (Fsp3) is 0.818. The molecule has 3 unspecified atom stereocenters. The number of hydrogen-bond acceptors (Lipinski definition) is 4. The molecule has 0 radical (unpaired) electrons. The fourth-order valence-corrected chi connectivity index (χ4v) is 2.39. The molecule has 0 aromatic carbocycles. The molecule has 1 aromatic rings. The molecule has 1 N–H and O–H groups in total. The second-order valence-electron chi connectivity index (χ2n) is 4.71. The third-order valence-corrected chi connectivity index (χ3v) is 3.33. The summed E-state index contributed by atoms with van der Waals surface area (Å²) in [5.74, 6) is -2.17. The number of aromatic nitrogens is 2. The van der Waals surface area contributed by atoms with E-state index in [9.17, 15) is 18.3 Å². The minimum absolute atomic E-state index is 0.00655. The van der Waals surface area contributed by atoms with Gasteiger partial charge >= 0.3 is 6.18 Å². The van der Waals surface area contributed by atoms with Crippen molar-refractivity contribution in [1.29, 1.82) is 0 Å². The lowest BCUT2D eigenvalue weighted by molar-refractivity contribution is -0.189. The molecule has 0 spiro atoms. The van der Waals surface area contributed by atoms with Gasteiger partial charge in [0.25, 0.3) is 0 Å². The molecule has 1 aliphatic carbocycles. The maximum absolute atomic E-state index is 12.9. The number of halogens is 3. The lowest BCUT2D eigenvalue weighted by atomic mass is 9.78. The Morgan fingerprint density at radius 3 is 2.56 bits per heavy atom. The minimum Gasteiger partial charge on any atom is -0.385 e. The van der Waals surface area contributed by atoms with Crippen molar-refractivity contribution in [1.82, 2.24) is 10.1 Å². The first-order valence-electron chi connectivity index (χ1n) is 5.98. The molecule has 7 heteroatoms. The molecule has 18 heavy (non-hydrogen) atoms. The minimum atomic E-state index is -4.25. The van der Waals surface area contributed by atoms with Crippen molar-refractivity contribution in [3.63, 3.8) is 0 Å². The summed E-state index contributed by atoms with van der Waals surface area (Å²) in [5, 5.41) is 12.8. The third kappa shape index (κ3) is 2.66. The number of nitrogens with zero attached hydrogens (tertiary/aromatic N) is 2. The molecule has 4 nitrogen and oxygen atoms in total. The first-order chi connectivity index (χ1) is 8.39. The topological polar surface area (TPSA) is 59.2 Å². The van der Waals surface area contributed by atoms with E-state index in [4.69, 9.17) is 4.52 Å². The predicted octanol–water partition coefficient (Wildman–Crippen LogP) is 2.96. The summed E-state index contributed by atoms with van der Waals surface area (Å²) < 4.78 is 43.6. The quantitative estimate of drug-likeness (QED) is 0.892. The van der Waals surface area contributed by atoms with Crippen LogP contribution in [0.5, 0.6) is 0 Å². The Morgan fingerprint density at radius 1 is 1.33 bits per heavy atom. The zero-order valence-electron chi connectivity index (χ0n) is 9.94. The summed E-state index contributed by atoms with van der Waals surface area (Å²) in [7, 11) is 0. The Kier molecular flexibility index (Phi) is 3.61. The molecule has 1 fully saturated rings. The van der Waals surface area contributed by atoms with Crippen LogP contribution in [0.3, 0.4) is 0 Å². The van der Waals surface area contributed by atoms with Crippen molar-refractivity contribution in [2.45, 2.75) is 50.8 Å². The van der Waals surface area contributed by atoms with Gasteiger partial charge in [0.15, 0.2) is 5.82 Å². The van der Waals surface area contributed by atoms with E-state index in [0.717, 1.165) is 6.42 Å².